The summed E-state index contributed by atoms with van der Waals surface area (Å²) in [6, 6.07) is 6.07. The lowest BCUT2D eigenvalue weighted by molar-refractivity contribution is -0.122. The molecule has 0 radical (unpaired) electrons. The minimum absolute atomic E-state index is 0.0316. The summed E-state index contributed by atoms with van der Waals surface area (Å²) in [6.07, 6.45) is 4.89. The van der Waals surface area contributed by atoms with Crippen molar-refractivity contribution in [2.24, 2.45) is 5.73 Å². The second-order valence-electron chi connectivity index (χ2n) is 5.49. The minimum Gasteiger partial charge on any atom is -0.324 e. The maximum absolute atomic E-state index is 12.3. The molecule has 2 rings (SSSR count). The summed E-state index contributed by atoms with van der Waals surface area (Å²) >= 11 is 0. The molecule has 3 N–H and O–H groups in total. The van der Waals surface area contributed by atoms with Crippen LogP contribution in [0.15, 0.2) is 18.2 Å². The molecule has 0 aromatic heterocycles. The molecule has 1 aromatic carbocycles. The topological polar surface area (TPSA) is 55.1 Å². The van der Waals surface area contributed by atoms with Gasteiger partial charge in [0.2, 0.25) is 5.91 Å². The van der Waals surface area contributed by atoms with E-state index < -0.39 is 5.54 Å². The van der Waals surface area contributed by atoms with Gasteiger partial charge < -0.3 is 11.1 Å². The highest BCUT2D eigenvalue weighted by Gasteiger charge is 2.35. The Morgan fingerprint density at radius 2 is 1.89 bits per heavy atom. The third kappa shape index (κ3) is 2.72. The number of anilines is 1. The molecule has 3 heteroatoms. The molecule has 1 fully saturated rings. The van der Waals surface area contributed by atoms with Crippen molar-refractivity contribution in [1.29, 1.82) is 0 Å². The molecule has 0 unspecified atom stereocenters. The fraction of sp³-hybridized carbons (Fsp3) is 0.533. The van der Waals surface area contributed by atoms with Crippen LogP contribution in [0.2, 0.25) is 0 Å². The van der Waals surface area contributed by atoms with Crippen molar-refractivity contribution in [2.45, 2.75) is 51.5 Å². The monoisotopic (exact) mass is 246 g/mol. The smallest absolute Gasteiger partial charge is 0.244 e. The third-order valence-electron chi connectivity index (χ3n) is 3.84. The number of carbonyl (C=O) groups excluding carboxylic acids is 1. The minimum atomic E-state index is -0.672. The number of benzene rings is 1. The average Bonchev–Trinajstić information content (AvgIpc) is 2.35. The molecule has 1 amide bonds. The third-order valence-corrected chi connectivity index (χ3v) is 3.84. The van der Waals surface area contributed by atoms with Gasteiger partial charge in [-0.3, -0.25) is 4.79 Å². The Labute approximate surface area is 109 Å². The van der Waals surface area contributed by atoms with E-state index in [1.165, 1.54) is 6.42 Å². The molecule has 1 aliphatic rings. The fourth-order valence-corrected chi connectivity index (χ4v) is 2.53. The standard InChI is InChI=1S/C15H22N2O/c1-11-6-7-12(2)13(10-11)17-14(18)15(16)8-4-3-5-9-15/h6-7,10H,3-5,8-9,16H2,1-2H3,(H,17,18). The van der Waals surface area contributed by atoms with Crippen LogP contribution in [0.1, 0.15) is 43.2 Å². The first-order chi connectivity index (χ1) is 8.51. The van der Waals surface area contributed by atoms with Gasteiger partial charge in [-0.15, -0.1) is 0 Å². The summed E-state index contributed by atoms with van der Waals surface area (Å²) < 4.78 is 0. The number of carbonyl (C=O) groups is 1. The van der Waals surface area contributed by atoms with Crippen molar-refractivity contribution in [3.05, 3.63) is 29.3 Å². The zero-order valence-corrected chi connectivity index (χ0v) is 11.3. The molecule has 1 saturated carbocycles. The lowest BCUT2D eigenvalue weighted by Crippen LogP contribution is -2.52. The number of nitrogens with two attached hydrogens (primary N) is 1. The summed E-state index contributed by atoms with van der Waals surface area (Å²) in [6.45, 7) is 4.02. The number of nitrogens with one attached hydrogen (secondary N) is 1. The normalized spacial score (nSPS) is 18.4. The number of hydrogen-bond donors (Lipinski definition) is 2. The maximum Gasteiger partial charge on any atom is 0.244 e. The molecule has 3 nitrogen and oxygen atoms in total. The highest BCUT2D eigenvalue weighted by atomic mass is 16.2. The summed E-state index contributed by atoms with van der Waals surface area (Å²) in [4.78, 5) is 12.3. The fourth-order valence-electron chi connectivity index (χ4n) is 2.53. The van der Waals surface area contributed by atoms with E-state index in [1.807, 2.05) is 32.0 Å². The van der Waals surface area contributed by atoms with Gasteiger partial charge in [0.05, 0.1) is 5.54 Å². The molecule has 0 heterocycles. The number of amides is 1. The number of hydrogen-bond acceptors (Lipinski definition) is 2. The van der Waals surface area contributed by atoms with Crippen molar-refractivity contribution < 1.29 is 4.79 Å². The van der Waals surface area contributed by atoms with Gasteiger partial charge >= 0.3 is 0 Å². The van der Waals surface area contributed by atoms with E-state index in [-0.39, 0.29) is 5.91 Å². The Balaban J connectivity index is 2.13. The van der Waals surface area contributed by atoms with E-state index in [9.17, 15) is 4.79 Å². The first-order valence-electron chi connectivity index (χ1n) is 6.69. The van der Waals surface area contributed by atoms with Crippen molar-refractivity contribution in [3.8, 4) is 0 Å². The zero-order chi connectivity index (χ0) is 13.2. The van der Waals surface area contributed by atoms with Gasteiger partial charge in [0.1, 0.15) is 0 Å². The van der Waals surface area contributed by atoms with Gasteiger partial charge in [-0.2, -0.15) is 0 Å². The first-order valence-corrected chi connectivity index (χ1v) is 6.69. The Hall–Kier alpha value is -1.35. The highest BCUT2D eigenvalue weighted by Crippen LogP contribution is 2.28. The average molecular weight is 246 g/mol. The van der Waals surface area contributed by atoms with Gasteiger partial charge in [-0.25, -0.2) is 0 Å². The van der Waals surface area contributed by atoms with Gasteiger partial charge in [-0.1, -0.05) is 31.4 Å². The Bertz CT molecular complexity index is 448. The van der Waals surface area contributed by atoms with E-state index in [2.05, 4.69) is 5.32 Å². The van der Waals surface area contributed by atoms with Crippen molar-refractivity contribution >= 4 is 11.6 Å². The van der Waals surface area contributed by atoms with Gasteiger partial charge in [-0.05, 0) is 43.9 Å². The summed E-state index contributed by atoms with van der Waals surface area (Å²) in [7, 11) is 0. The second kappa shape index (κ2) is 5.11. The maximum atomic E-state index is 12.3. The molecule has 0 spiro atoms. The Kier molecular flexibility index (Phi) is 3.71. The highest BCUT2D eigenvalue weighted by molar-refractivity contribution is 5.98. The Morgan fingerprint density at radius 3 is 2.56 bits per heavy atom. The predicted octanol–water partition coefficient (Wildman–Crippen LogP) is 2.90. The van der Waals surface area contributed by atoms with E-state index >= 15 is 0 Å². The van der Waals surface area contributed by atoms with E-state index in [4.69, 9.17) is 5.73 Å². The largest absolute Gasteiger partial charge is 0.324 e. The van der Waals surface area contributed by atoms with Gasteiger partial charge in [0.15, 0.2) is 0 Å². The quantitative estimate of drug-likeness (QED) is 0.843. The van der Waals surface area contributed by atoms with Crippen molar-refractivity contribution in [2.75, 3.05) is 5.32 Å². The molecule has 1 aliphatic carbocycles. The summed E-state index contributed by atoms with van der Waals surface area (Å²) in [5.41, 5.74) is 8.66. The van der Waals surface area contributed by atoms with Crippen molar-refractivity contribution in [1.82, 2.24) is 0 Å². The van der Waals surface area contributed by atoms with Crippen LogP contribution in [0.5, 0.6) is 0 Å². The summed E-state index contributed by atoms with van der Waals surface area (Å²) in [5, 5.41) is 3.00. The molecular weight excluding hydrogens is 224 g/mol. The van der Waals surface area contributed by atoms with Crippen LogP contribution in [0.3, 0.4) is 0 Å². The van der Waals surface area contributed by atoms with Gasteiger partial charge in [0, 0.05) is 5.69 Å². The lowest BCUT2D eigenvalue weighted by Gasteiger charge is -2.32. The van der Waals surface area contributed by atoms with E-state index in [0.717, 1.165) is 42.5 Å². The Morgan fingerprint density at radius 1 is 1.22 bits per heavy atom. The number of aryl methyl sites for hydroxylation is 2. The molecule has 18 heavy (non-hydrogen) atoms. The molecule has 98 valence electrons. The van der Waals surface area contributed by atoms with Crippen LogP contribution in [-0.4, -0.2) is 11.4 Å². The van der Waals surface area contributed by atoms with Gasteiger partial charge in [0.25, 0.3) is 0 Å². The molecule has 0 atom stereocenters. The summed E-state index contributed by atoms with van der Waals surface area (Å²) in [5.74, 6) is -0.0316. The van der Waals surface area contributed by atoms with Crippen LogP contribution in [0, 0.1) is 13.8 Å². The first kappa shape index (κ1) is 13.1. The molecule has 0 aliphatic heterocycles. The van der Waals surface area contributed by atoms with Crippen LogP contribution in [0.25, 0.3) is 0 Å². The SMILES string of the molecule is Cc1ccc(C)c(NC(=O)C2(N)CCCCC2)c1. The molecule has 0 bridgehead atoms. The molecular formula is C15H22N2O. The predicted molar refractivity (Wildman–Crippen MR) is 74.5 cm³/mol. The van der Waals surface area contributed by atoms with Crippen LogP contribution in [-0.2, 0) is 4.79 Å². The molecule has 1 aromatic rings. The second-order valence-corrected chi connectivity index (χ2v) is 5.49. The van der Waals surface area contributed by atoms with Crippen molar-refractivity contribution in [3.63, 3.8) is 0 Å². The number of rotatable bonds is 2. The molecule has 0 saturated heterocycles. The van der Waals surface area contributed by atoms with Crippen LogP contribution in [0.4, 0.5) is 5.69 Å². The van der Waals surface area contributed by atoms with Crippen LogP contribution >= 0.6 is 0 Å². The lowest BCUT2D eigenvalue weighted by atomic mass is 9.82. The van der Waals surface area contributed by atoms with E-state index in [0.29, 0.717) is 0 Å². The van der Waals surface area contributed by atoms with Crippen LogP contribution < -0.4 is 11.1 Å². The van der Waals surface area contributed by atoms with E-state index in [1.54, 1.807) is 0 Å². The zero-order valence-electron chi connectivity index (χ0n) is 11.3.